The van der Waals surface area contributed by atoms with Crippen molar-refractivity contribution in [2.75, 3.05) is 50.7 Å². The molecule has 1 aromatic heterocycles. The third-order valence-corrected chi connectivity index (χ3v) is 4.59. The zero-order valence-electron chi connectivity index (χ0n) is 16.3. The van der Waals surface area contributed by atoms with Gasteiger partial charge in [-0.1, -0.05) is 13.8 Å². The molecule has 7 heteroatoms. The molecule has 1 atom stereocenters. The molecule has 0 amide bonds. The first kappa shape index (κ1) is 20.4. The molecule has 2 rings (SSSR count). The van der Waals surface area contributed by atoms with E-state index in [0.29, 0.717) is 5.82 Å². The predicted molar refractivity (Wildman–Crippen MR) is 106 cm³/mol. The lowest BCUT2D eigenvalue weighted by atomic mass is 10.3. The van der Waals surface area contributed by atoms with Crippen LogP contribution in [0.15, 0.2) is 23.3 Å². The minimum absolute atomic E-state index is 0.243. The van der Waals surface area contributed by atoms with Gasteiger partial charge in [0.2, 0.25) is 0 Å². The van der Waals surface area contributed by atoms with Crippen LogP contribution in [0.5, 0.6) is 0 Å². The summed E-state index contributed by atoms with van der Waals surface area (Å²) >= 11 is 0. The number of aromatic nitrogens is 1. The number of anilines is 1. The summed E-state index contributed by atoms with van der Waals surface area (Å²) < 4.78 is 13.9. The summed E-state index contributed by atoms with van der Waals surface area (Å²) in [4.78, 5) is 13.3. The van der Waals surface area contributed by atoms with Crippen molar-refractivity contribution in [1.82, 2.24) is 20.5 Å². The maximum absolute atomic E-state index is 13.9. The van der Waals surface area contributed by atoms with E-state index >= 15 is 0 Å². The molecule has 1 aliphatic rings. The normalized spacial score (nSPS) is 17.8. The molecule has 1 unspecified atom stereocenters. The molecule has 0 aromatic carbocycles. The second-order valence-corrected chi connectivity index (χ2v) is 6.58. The van der Waals surface area contributed by atoms with E-state index in [1.54, 1.807) is 12.3 Å². The average Bonchev–Trinajstić information content (AvgIpc) is 3.09. The molecule has 1 aliphatic heterocycles. The summed E-state index contributed by atoms with van der Waals surface area (Å²) in [6.07, 6.45) is 3.75. The summed E-state index contributed by atoms with van der Waals surface area (Å²) in [5.41, 5.74) is 0. The minimum Gasteiger partial charge on any atom is -0.357 e. The molecule has 1 saturated heterocycles. The van der Waals surface area contributed by atoms with Gasteiger partial charge in [-0.25, -0.2) is 9.37 Å². The van der Waals surface area contributed by atoms with Gasteiger partial charge in [0.1, 0.15) is 0 Å². The smallest absolute Gasteiger partial charge is 0.191 e. The van der Waals surface area contributed by atoms with Crippen LogP contribution in [-0.2, 0) is 0 Å². The Morgan fingerprint density at radius 2 is 2.23 bits per heavy atom. The number of hydrogen-bond donors (Lipinski definition) is 2. The van der Waals surface area contributed by atoms with Gasteiger partial charge < -0.3 is 20.4 Å². The van der Waals surface area contributed by atoms with E-state index in [9.17, 15) is 4.39 Å². The zero-order chi connectivity index (χ0) is 18.8. The van der Waals surface area contributed by atoms with E-state index < -0.39 is 0 Å². The predicted octanol–water partition coefficient (Wildman–Crippen LogP) is 2.09. The van der Waals surface area contributed by atoms with E-state index in [2.05, 4.69) is 41.3 Å². The van der Waals surface area contributed by atoms with Crippen LogP contribution in [0.25, 0.3) is 0 Å². The number of nitrogens with zero attached hydrogens (tertiary/aromatic N) is 4. The Morgan fingerprint density at radius 3 is 2.92 bits per heavy atom. The van der Waals surface area contributed by atoms with Crippen LogP contribution in [0.1, 0.15) is 33.6 Å². The van der Waals surface area contributed by atoms with Gasteiger partial charge in [-0.3, -0.25) is 4.99 Å². The average molecular weight is 365 g/mol. The monoisotopic (exact) mass is 364 g/mol. The number of guanidine groups is 1. The Kier molecular flexibility index (Phi) is 8.61. The van der Waals surface area contributed by atoms with Gasteiger partial charge in [-0.05, 0) is 45.0 Å². The Bertz CT molecular complexity index is 565. The van der Waals surface area contributed by atoms with Gasteiger partial charge >= 0.3 is 0 Å². The van der Waals surface area contributed by atoms with Crippen LogP contribution in [-0.4, -0.2) is 67.7 Å². The van der Waals surface area contributed by atoms with Gasteiger partial charge in [0.05, 0.1) is 6.54 Å². The highest BCUT2D eigenvalue weighted by Gasteiger charge is 2.25. The SMILES string of the molecule is CCCN(CC)CCN=C(NCC)NC1CCN(c2ncccc2F)C1. The van der Waals surface area contributed by atoms with Crippen LogP contribution >= 0.6 is 0 Å². The molecule has 0 aliphatic carbocycles. The third-order valence-electron chi connectivity index (χ3n) is 4.59. The number of likely N-dealkylation sites (N-methyl/N-ethyl adjacent to an activating group) is 1. The number of halogens is 1. The van der Waals surface area contributed by atoms with Crippen molar-refractivity contribution in [3.05, 3.63) is 24.1 Å². The fourth-order valence-corrected chi connectivity index (χ4v) is 3.24. The third kappa shape index (κ3) is 6.12. The quantitative estimate of drug-likeness (QED) is 0.519. The summed E-state index contributed by atoms with van der Waals surface area (Å²) in [5, 5.41) is 6.80. The molecule has 26 heavy (non-hydrogen) atoms. The van der Waals surface area contributed by atoms with Crippen molar-refractivity contribution < 1.29 is 4.39 Å². The Hall–Kier alpha value is -1.89. The van der Waals surface area contributed by atoms with E-state index in [-0.39, 0.29) is 11.9 Å². The van der Waals surface area contributed by atoms with Crippen LogP contribution < -0.4 is 15.5 Å². The van der Waals surface area contributed by atoms with Crippen molar-refractivity contribution >= 4 is 11.8 Å². The van der Waals surface area contributed by atoms with E-state index in [0.717, 1.165) is 64.6 Å². The summed E-state index contributed by atoms with van der Waals surface area (Å²) in [5.74, 6) is 1.02. The van der Waals surface area contributed by atoms with Gasteiger partial charge in [0.15, 0.2) is 17.6 Å². The fraction of sp³-hybridized carbons (Fsp3) is 0.684. The molecular weight excluding hydrogens is 331 g/mol. The van der Waals surface area contributed by atoms with Crippen LogP contribution in [0.2, 0.25) is 0 Å². The number of hydrogen-bond acceptors (Lipinski definition) is 4. The summed E-state index contributed by atoms with van der Waals surface area (Å²) in [7, 11) is 0. The van der Waals surface area contributed by atoms with Crippen molar-refractivity contribution in [2.24, 2.45) is 4.99 Å². The van der Waals surface area contributed by atoms with E-state index in [1.165, 1.54) is 6.07 Å². The molecule has 0 spiro atoms. The lowest BCUT2D eigenvalue weighted by molar-refractivity contribution is 0.297. The first-order valence-corrected chi connectivity index (χ1v) is 9.80. The number of aliphatic imine (C=N–C) groups is 1. The van der Waals surface area contributed by atoms with Crippen molar-refractivity contribution in [3.63, 3.8) is 0 Å². The van der Waals surface area contributed by atoms with Crippen molar-refractivity contribution in [2.45, 2.75) is 39.7 Å². The van der Waals surface area contributed by atoms with E-state index in [4.69, 9.17) is 4.99 Å². The highest BCUT2D eigenvalue weighted by molar-refractivity contribution is 5.80. The minimum atomic E-state index is -0.260. The lowest BCUT2D eigenvalue weighted by Crippen LogP contribution is -2.45. The largest absolute Gasteiger partial charge is 0.357 e. The Labute approximate surface area is 156 Å². The molecule has 0 bridgehead atoms. The molecule has 1 aromatic rings. The molecule has 1 fully saturated rings. The number of pyridine rings is 1. The van der Waals surface area contributed by atoms with Gasteiger partial charge in [-0.2, -0.15) is 0 Å². The van der Waals surface area contributed by atoms with Crippen LogP contribution in [0.4, 0.5) is 10.2 Å². The first-order valence-electron chi connectivity index (χ1n) is 9.80. The van der Waals surface area contributed by atoms with Gasteiger partial charge in [-0.15, -0.1) is 0 Å². The topological polar surface area (TPSA) is 55.8 Å². The molecule has 0 saturated carbocycles. The number of rotatable bonds is 9. The van der Waals surface area contributed by atoms with Gasteiger partial charge in [0, 0.05) is 38.4 Å². The van der Waals surface area contributed by atoms with Gasteiger partial charge in [0.25, 0.3) is 0 Å². The molecular formula is C19H33FN6. The fourth-order valence-electron chi connectivity index (χ4n) is 3.24. The summed E-state index contributed by atoms with van der Waals surface area (Å²) in [6, 6.07) is 3.33. The molecule has 6 nitrogen and oxygen atoms in total. The first-order chi connectivity index (χ1) is 12.7. The standard InChI is InChI=1S/C19H33FN6/c1-4-12-25(6-3)14-11-23-19(21-5-2)24-16-9-13-26(15-16)18-17(20)8-7-10-22-18/h7-8,10,16H,4-6,9,11-15H2,1-3H3,(H2,21,23,24). The summed E-state index contributed by atoms with van der Waals surface area (Å²) in [6.45, 7) is 12.7. The molecule has 2 N–H and O–H groups in total. The maximum atomic E-state index is 13.9. The van der Waals surface area contributed by atoms with Crippen LogP contribution in [0.3, 0.4) is 0 Å². The second-order valence-electron chi connectivity index (χ2n) is 6.58. The maximum Gasteiger partial charge on any atom is 0.191 e. The van der Waals surface area contributed by atoms with Crippen molar-refractivity contribution in [1.29, 1.82) is 0 Å². The molecule has 146 valence electrons. The lowest BCUT2D eigenvalue weighted by Gasteiger charge is -2.21. The number of nitrogens with one attached hydrogen (secondary N) is 2. The highest BCUT2D eigenvalue weighted by Crippen LogP contribution is 2.20. The molecule has 2 heterocycles. The van der Waals surface area contributed by atoms with Crippen LogP contribution in [0, 0.1) is 5.82 Å². The zero-order valence-corrected chi connectivity index (χ0v) is 16.3. The molecule has 0 radical (unpaired) electrons. The highest BCUT2D eigenvalue weighted by atomic mass is 19.1. The Morgan fingerprint density at radius 1 is 1.38 bits per heavy atom. The van der Waals surface area contributed by atoms with E-state index in [1.807, 2.05) is 4.90 Å². The van der Waals surface area contributed by atoms with Crippen molar-refractivity contribution in [3.8, 4) is 0 Å². The second kappa shape index (κ2) is 11.0. The Balaban J connectivity index is 1.87.